The Labute approximate surface area is 91.2 Å². The van der Waals surface area contributed by atoms with Crippen LogP contribution in [0.2, 0.25) is 0 Å². The lowest BCUT2D eigenvalue weighted by molar-refractivity contribution is 0.387. The molecule has 0 amide bonds. The summed E-state index contributed by atoms with van der Waals surface area (Å²) < 4.78 is 5.23. The van der Waals surface area contributed by atoms with E-state index in [2.05, 4.69) is 23.8 Å². The molecular weight excluding hydrogens is 188 g/mol. The van der Waals surface area contributed by atoms with Crippen molar-refractivity contribution in [2.24, 2.45) is 0 Å². The van der Waals surface area contributed by atoms with E-state index in [1.807, 2.05) is 19.1 Å². The van der Waals surface area contributed by atoms with Crippen LogP contribution in [0.5, 0.6) is 5.88 Å². The Morgan fingerprint density at radius 1 is 1.67 bits per heavy atom. The van der Waals surface area contributed by atoms with E-state index in [1.165, 1.54) is 0 Å². The molecule has 0 bridgehead atoms. The van der Waals surface area contributed by atoms with Crippen molar-refractivity contribution in [3.8, 4) is 5.88 Å². The molecule has 0 saturated heterocycles. The summed E-state index contributed by atoms with van der Waals surface area (Å²) in [7, 11) is 1.63. The van der Waals surface area contributed by atoms with Crippen molar-refractivity contribution >= 4 is 0 Å². The van der Waals surface area contributed by atoms with Crippen molar-refractivity contribution in [2.45, 2.75) is 19.9 Å². The smallest absolute Gasteiger partial charge is 0.218 e. The third kappa shape index (κ3) is 2.80. The fourth-order valence-electron chi connectivity index (χ4n) is 1.55. The summed E-state index contributed by atoms with van der Waals surface area (Å²) in [5.74, 6) is 0.659. The van der Waals surface area contributed by atoms with Crippen LogP contribution in [0.25, 0.3) is 0 Å². The van der Waals surface area contributed by atoms with Gasteiger partial charge in [-0.05, 0) is 19.5 Å². The molecule has 1 atom stereocenters. The molecule has 0 saturated carbocycles. The van der Waals surface area contributed by atoms with Crippen molar-refractivity contribution in [3.05, 3.63) is 36.0 Å². The molecule has 0 spiro atoms. The average Bonchev–Trinajstić information content (AvgIpc) is 2.25. The molecule has 1 N–H and O–H groups in total. The summed E-state index contributed by atoms with van der Waals surface area (Å²) in [5.41, 5.74) is 2.09. The lowest BCUT2D eigenvalue weighted by atomic mass is 10.0. The number of nitrogens with one attached hydrogen (secondary N) is 1. The SMILES string of the molecule is C=C(C)C(NCC)c1cccnc1OC. The first-order valence-corrected chi connectivity index (χ1v) is 5.08. The number of hydrogen-bond acceptors (Lipinski definition) is 3. The molecule has 1 aromatic heterocycles. The fraction of sp³-hybridized carbons (Fsp3) is 0.417. The van der Waals surface area contributed by atoms with Crippen LogP contribution in [0.1, 0.15) is 25.5 Å². The van der Waals surface area contributed by atoms with Gasteiger partial charge in [-0.2, -0.15) is 0 Å². The second-order valence-electron chi connectivity index (χ2n) is 3.44. The monoisotopic (exact) mass is 206 g/mol. The first-order valence-electron chi connectivity index (χ1n) is 5.08. The Hall–Kier alpha value is -1.35. The first kappa shape index (κ1) is 11.7. The summed E-state index contributed by atoms with van der Waals surface area (Å²) >= 11 is 0. The van der Waals surface area contributed by atoms with Gasteiger partial charge in [-0.15, -0.1) is 0 Å². The van der Waals surface area contributed by atoms with Crippen LogP contribution < -0.4 is 10.1 Å². The number of methoxy groups -OCH3 is 1. The Balaban J connectivity index is 3.04. The zero-order chi connectivity index (χ0) is 11.3. The van der Waals surface area contributed by atoms with E-state index in [1.54, 1.807) is 13.3 Å². The highest BCUT2D eigenvalue weighted by atomic mass is 16.5. The highest BCUT2D eigenvalue weighted by molar-refractivity contribution is 5.33. The van der Waals surface area contributed by atoms with E-state index in [0.717, 1.165) is 17.7 Å². The minimum absolute atomic E-state index is 0.110. The highest BCUT2D eigenvalue weighted by Crippen LogP contribution is 2.26. The number of aromatic nitrogens is 1. The van der Waals surface area contributed by atoms with Gasteiger partial charge < -0.3 is 10.1 Å². The quantitative estimate of drug-likeness (QED) is 0.751. The minimum Gasteiger partial charge on any atom is -0.481 e. The Kier molecular flexibility index (Phi) is 4.31. The normalized spacial score (nSPS) is 12.2. The second kappa shape index (κ2) is 5.51. The molecule has 1 unspecified atom stereocenters. The van der Waals surface area contributed by atoms with Gasteiger partial charge in [-0.25, -0.2) is 4.98 Å². The summed E-state index contributed by atoms with van der Waals surface area (Å²) in [6.45, 7) is 8.93. The predicted molar refractivity (Wildman–Crippen MR) is 62.0 cm³/mol. The molecule has 0 aliphatic heterocycles. The number of likely N-dealkylation sites (N-methyl/N-ethyl adjacent to an activating group) is 1. The van der Waals surface area contributed by atoms with Crippen molar-refractivity contribution in [3.63, 3.8) is 0 Å². The standard InChI is InChI=1S/C12H18N2O/c1-5-13-11(9(2)3)10-7-6-8-14-12(10)15-4/h6-8,11,13H,2,5H2,1,3-4H3. The summed E-state index contributed by atoms with van der Waals surface area (Å²) in [6.07, 6.45) is 1.73. The van der Waals surface area contributed by atoms with E-state index in [4.69, 9.17) is 4.74 Å². The Morgan fingerprint density at radius 3 is 2.93 bits per heavy atom. The number of rotatable bonds is 5. The van der Waals surface area contributed by atoms with Gasteiger partial charge in [0.1, 0.15) is 0 Å². The van der Waals surface area contributed by atoms with Crippen molar-refractivity contribution < 1.29 is 4.74 Å². The second-order valence-corrected chi connectivity index (χ2v) is 3.44. The van der Waals surface area contributed by atoms with E-state index >= 15 is 0 Å². The molecule has 0 fully saturated rings. The van der Waals surface area contributed by atoms with E-state index < -0.39 is 0 Å². The molecule has 15 heavy (non-hydrogen) atoms. The van der Waals surface area contributed by atoms with Crippen LogP contribution in [0.4, 0.5) is 0 Å². The molecule has 0 radical (unpaired) electrons. The van der Waals surface area contributed by atoms with Crippen LogP contribution in [0, 0.1) is 0 Å². The summed E-state index contributed by atoms with van der Waals surface area (Å²) in [6, 6.07) is 4.03. The van der Waals surface area contributed by atoms with Crippen molar-refractivity contribution in [1.82, 2.24) is 10.3 Å². The average molecular weight is 206 g/mol. The van der Waals surface area contributed by atoms with E-state index in [0.29, 0.717) is 5.88 Å². The van der Waals surface area contributed by atoms with Gasteiger partial charge in [0, 0.05) is 11.8 Å². The van der Waals surface area contributed by atoms with Crippen LogP contribution >= 0.6 is 0 Å². The van der Waals surface area contributed by atoms with Crippen molar-refractivity contribution in [2.75, 3.05) is 13.7 Å². The largest absolute Gasteiger partial charge is 0.481 e. The Morgan fingerprint density at radius 2 is 2.40 bits per heavy atom. The summed E-state index contributed by atoms with van der Waals surface area (Å²) in [4.78, 5) is 4.18. The fourth-order valence-corrected chi connectivity index (χ4v) is 1.55. The molecule has 3 heteroatoms. The van der Waals surface area contributed by atoms with Gasteiger partial charge in [0.05, 0.1) is 13.2 Å². The maximum absolute atomic E-state index is 5.23. The van der Waals surface area contributed by atoms with Crippen LogP contribution in [0.15, 0.2) is 30.5 Å². The molecular formula is C12H18N2O. The van der Waals surface area contributed by atoms with Crippen LogP contribution in [0.3, 0.4) is 0 Å². The molecule has 82 valence electrons. The van der Waals surface area contributed by atoms with Gasteiger partial charge in [-0.1, -0.05) is 25.1 Å². The van der Waals surface area contributed by atoms with Gasteiger partial charge >= 0.3 is 0 Å². The third-order valence-corrected chi connectivity index (χ3v) is 2.21. The molecule has 3 nitrogen and oxygen atoms in total. The summed E-state index contributed by atoms with van der Waals surface area (Å²) in [5, 5.41) is 3.35. The minimum atomic E-state index is 0.110. The maximum Gasteiger partial charge on any atom is 0.218 e. The van der Waals surface area contributed by atoms with E-state index in [9.17, 15) is 0 Å². The molecule has 1 rings (SSSR count). The first-order chi connectivity index (χ1) is 7.20. The molecule has 0 aliphatic rings. The van der Waals surface area contributed by atoms with Gasteiger partial charge in [0.15, 0.2) is 0 Å². The zero-order valence-corrected chi connectivity index (χ0v) is 9.58. The maximum atomic E-state index is 5.23. The van der Waals surface area contributed by atoms with Crippen LogP contribution in [-0.2, 0) is 0 Å². The molecule has 0 aliphatic carbocycles. The zero-order valence-electron chi connectivity index (χ0n) is 9.58. The molecule has 1 heterocycles. The van der Waals surface area contributed by atoms with Crippen LogP contribution in [-0.4, -0.2) is 18.6 Å². The lowest BCUT2D eigenvalue weighted by Crippen LogP contribution is -2.22. The van der Waals surface area contributed by atoms with E-state index in [-0.39, 0.29) is 6.04 Å². The highest BCUT2D eigenvalue weighted by Gasteiger charge is 2.15. The number of hydrogen-bond donors (Lipinski definition) is 1. The third-order valence-electron chi connectivity index (χ3n) is 2.21. The van der Waals surface area contributed by atoms with Gasteiger partial charge in [0.2, 0.25) is 5.88 Å². The number of ether oxygens (including phenoxy) is 1. The van der Waals surface area contributed by atoms with Gasteiger partial charge in [-0.3, -0.25) is 0 Å². The topological polar surface area (TPSA) is 34.2 Å². The number of nitrogens with zero attached hydrogens (tertiary/aromatic N) is 1. The number of pyridine rings is 1. The lowest BCUT2D eigenvalue weighted by Gasteiger charge is -2.19. The molecule has 0 aromatic carbocycles. The molecule has 1 aromatic rings. The van der Waals surface area contributed by atoms with Crippen molar-refractivity contribution in [1.29, 1.82) is 0 Å². The van der Waals surface area contributed by atoms with Gasteiger partial charge in [0.25, 0.3) is 0 Å². The predicted octanol–water partition coefficient (Wildman–Crippen LogP) is 2.32. The Bertz CT molecular complexity index is 336.